The average Bonchev–Trinajstić information content (AvgIpc) is 3.32. The highest BCUT2D eigenvalue weighted by Crippen LogP contribution is 2.38. The predicted molar refractivity (Wildman–Crippen MR) is 136 cm³/mol. The van der Waals surface area contributed by atoms with E-state index in [1.54, 1.807) is 48.8 Å². The lowest BCUT2D eigenvalue weighted by molar-refractivity contribution is 0.468. The number of anilines is 2. The third-order valence-corrected chi connectivity index (χ3v) is 5.27. The van der Waals surface area contributed by atoms with Crippen molar-refractivity contribution >= 4 is 46.0 Å². The maximum absolute atomic E-state index is 8.91. The van der Waals surface area contributed by atoms with Crippen molar-refractivity contribution in [3.8, 4) is 17.7 Å². The molecule has 3 heterocycles. The van der Waals surface area contributed by atoms with Crippen LogP contribution in [0.3, 0.4) is 0 Å². The Bertz CT molecular complexity index is 1470. The molecule has 0 atom stereocenters. The molecule has 0 amide bonds. The van der Waals surface area contributed by atoms with Crippen LogP contribution in [0.1, 0.15) is 16.7 Å². The molecule has 3 aromatic heterocycles. The van der Waals surface area contributed by atoms with Crippen molar-refractivity contribution in [1.29, 1.82) is 5.26 Å². The second-order valence-corrected chi connectivity index (χ2v) is 8.27. The van der Waals surface area contributed by atoms with E-state index in [9.17, 15) is 0 Å². The summed E-state index contributed by atoms with van der Waals surface area (Å²) >= 11 is 12.6. The highest BCUT2D eigenvalue weighted by Gasteiger charge is 2.16. The molecule has 0 spiro atoms. The molecule has 2 aromatic carbocycles. The quantitative estimate of drug-likeness (QED) is 0.278. The van der Waals surface area contributed by atoms with Gasteiger partial charge in [0.15, 0.2) is 11.4 Å². The Hall–Kier alpha value is -4.19. The number of halogens is 2. The molecule has 10 heteroatoms. The van der Waals surface area contributed by atoms with Crippen molar-refractivity contribution in [3.63, 3.8) is 0 Å². The fourth-order valence-corrected chi connectivity index (χ4v) is 3.67. The SMILES string of the molecule is Cc1cc(Cl)c(Oc2nc(Nc3ccc(C#N)cc3)nc3nc[nH]c23)c(Cl)c1.Cc1ccncc1. The van der Waals surface area contributed by atoms with Crippen LogP contribution in [0.25, 0.3) is 11.2 Å². The van der Waals surface area contributed by atoms with Crippen LogP contribution in [-0.2, 0) is 0 Å². The van der Waals surface area contributed by atoms with Crippen LogP contribution in [0, 0.1) is 25.2 Å². The fourth-order valence-electron chi connectivity index (χ4n) is 3.00. The Balaban J connectivity index is 0.000000356. The number of aromatic nitrogens is 5. The topological polar surface area (TPSA) is 112 Å². The number of aromatic amines is 1. The van der Waals surface area contributed by atoms with E-state index in [4.69, 9.17) is 33.2 Å². The third kappa shape index (κ3) is 6.03. The van der Waals surface area contributed by atoms with Gasteiger partial charge in [-0.2, -0.15) is 15.2 Å². The number of hydrogen-bond acceptors (Lipinski definition) is 7. The number of ether oxygens (including phenoxy) is 1. The highest BCUT2D eigenvalue weighted by atomic mass is 35.5. The number of nitrogens with one attached hydrogen (secondary N) is 2. The lowest BCUT2D eigenvalue weighted by atomic mass is 10.2. The van der Waals surface area contributed by atoms with Gasteiger partial charge in [-0.1, -0.05) is 23.2 Å². The number of pyridine rings is 1. The van der Waals surface area contributed by atoms with Gasteiger partial charge < -0.3 is 15.0 Å². The van der Waals surface area contributed by atoms with Crippen molar-refractivity contribution in [2.24, 2.45) is 0 Å². The zero-order valence-corrected chi connectivity index (χ0v) is 20.3. The summed E-state index contributed by atoms with van der Waals surface area (Å²) < 4.78 is 5.91. The standard InChI is InChI=1S/C19H12Cl2N6O.C6H7N/c1-10-6-13(20)16(14(21)7-10)28-18-15-17(24-9-23-15)26-19(27-18)25-12-4-2-11(8-22)3-5-12;1-6-2-4-7-5-3-6/h2-7,9H,1H3,(H2,23,24,25,26,27);2-5H,1H3. The molecule has 8 nitrogen and oxygen atoms in total. The lowest BCUT2D eigenvalue weighted by Crippen LogP contribution is -2.00. The van der Waals surface area contributed by atoms with Gasteiger partial charge in [0, 0.05) is 18.1 Å². The maximum Gasteiger partial charge on any atom is 0.250 e. The zero-order valence-electron chi connectivity index (χ0n) is 18.8. The number of imidazole rings is 1. The summed E-state index contributed by atoms with van der Waals surface area (Å²) in [5, 5.41) is 12.7. The van der Waals surface area contributed by atoms with Crippen LogP contribution in [0.5, 0.6) is 11.6 Å². The first-order valence-corrected chi connectivity index (χ1v) is 11.2. The summed E-state index contributed by atoms with van der Waals surface area (Å²) in [7, 11) is 0. The highest BCUT2D eigenvalue weighted by molar-refractivity contribution is 6.37. The number of nitriles is 1. The molecule has 0 aliphatic carbocycles. The van der Waals surface area contributed by atoms with Crippen molar-refractivity contribution in [1.82, 2.24) is 24.9 Å². The van der Waals surface area contributed by atoms with Crippen molar-refractivity contribution in [3.05, 3.63) is 94.0 Å². The summed E-state index contributed by atoms with van der Waals surface area (Å²) in [5.41, 5.74) is 4.38. The predicted octanol–water partition coefficient (Wildman–Crippen LogP) is 6.77. The summed E-state index contributed by atoms with van der Waals surface area (Å²) in [5.74, 6) is 0.804. The number of fused-ring (bicyclic) bond motifs is 1. The first-order chi connectivity index (χ1) is 16.9. The molecule has 35 heavy (non-hydrogen) atoms. The number of nitrogens with zero attached hydrogens (tertiary/aromatic N) is 5. The Kier molecular flexibility index (Phi) is 7.41. The monoisotopic (exact) mass is 503 g/mol. The van der Waals surface area contributed by atoms with Crippen LogP contribution in [0.15, 0.2) is 67.3 Å². The number of hydrogen-bond donors (Lipinski definition) is 2. The Labute approximate surface area is 211 Å². The van der Waals surface area contributed by atoms with Crippen LogP contribution >= 0.6 is 23.2 Å². The van der Waals surface area contributed by atoms with E-state index >= 15 is 0 Å². The molecule has 0 fully saturated rings. The number of aryl methyl sites for hydroxylation is 2. The summed E-state index contributed by atoms with van der Waals surface area (Å²) in [6.07, 6.45) is 5.07. The smallest absolute Gasteiger partial charge is 0.250 e. The van der Waals surface area contributed by atoms with E-state index in [0.717, 1.165) is 5.56 Å². The van der Waals surface area contributed by atoms with Gasteiger partial charge in [-0.3, -0.25) is 4.98 Å². The summed E-state index contributed by atoms with van der Waals surface area (Å²) in [6.45, 7) is 3.93. The fraction of sp³-hybridized carbons (Fsp3) is 0.0800. The molecule has 0 unspecified atom stereocenters. The zero-order chi connectivity index (χ0) is 24.8. The molecule has 5 rings (SSSR count). The molecule has 5 aromatic rings. The first kappa shape index (κ1) is 24.0. The lowest BCUT2D eigenvalue weighted by Gasteiger charge is -2.11. The molecular weight excluding hydrogens is 485 g/mol. The third-order valence-electron chi connectivity index (χ3n) is 4.71. The van der Waals surface area contributed by atoms with Gasteiger partial charge in [0.05, 0.1) is 28.0 Å². The largest absolute Gasteiger partial charge is 0.434 e. The second kappa shape index (κ2) is 10.8. The molecule has 0 aliphatic rings. The number of benzene rings is 2. The number of H-pyrrole nitrogens is 1. The molecule has 0 aliphatic heterocycles. The van der Waals surface area contributed by atoms with Gasteiger partial charge in [-0.15, -0.1) is 0 Å². The molecule has 2 N–H and O–H groups in total. The normalized spacial score (nSPS) is 10.3. The van der Waals surface area contributed by atoms with Crippen LogP contribution in [0.2, 0.25) is 10.0 Å². The minimum atomic E-state index is 0.228. The van der Waals surface area contributed by atoms with Gasteiger partial charge >= 0.3 is 0 Å². The number of rotatable bonds is 4. The Morgan fingerprint density at radius 1 is 0.943 bits per heavy atom. The van der Waals surface area contributed by atoms with E-state index in [1.165, 1.54) is 11.9 Å². The van der Waals surface area contributed by atoms with Crippen molar-refractivity contribution in [2.45, 2.75) is 13.8 Å². The Morgan fingerprint density at radius 2 is 1.63 bits per heavy atom. The average molecular weight is 504 g/mol. The molecule has 0 saturated carbocycles. The summed E-state index contributed by atoms with van der Waals surface area (Å²) in [4.78, 5) is 19.7. The van der Waals surface area contributed by atoms with E-state index in [1.807, 2.05) is 26.0 Å². The van der Waals surface area contributed by atoms with Gasteiger partial charge in [0.25, 0.3) is 5.88 Å². The molecular formula is C25H19Cl2N7O. The van der Waals surface area contributed by atoms with Gasteiger partial charge in [-0.25, -0.2) is 4.98 Å². The first-order valence-electron chi connectivity index (χ1n) is 10.4. The minimum absolute atomic E-state index is 0.228. The van der Waals surface area contributed by atoms with Crippen molar-refractivity contribution in [2.75, 3.05) is 5.32 Å². The van der Waals surface area contributed by atoms with E-state index in [-0.39, 0.29) is 11.8 Å². The van der Waals surface area contributed by atoms with E-state index in [2.05, 4.69) is 36.3 Å². The molecule has 0 saturated heterocycles. The Morgan fingerprint density at radius 3 is 2.23 bits per heavy atom. The van der Waals surface area contributed by atoms with E-state index in [0.29, 0.717) is 38.2 Å². The van der Waals surface area contributed by atoms with Crippen LogP contribution in [-0.4, -0.2) is 24.9 Å². The van der Waals surface area contributed by atoms with Crippen LogP contribution < -0.4 is 10.1 Å². The summed E-state index contributed by atoms with van der Waals surface area (Å²) in [6, 6.07) is 16.4. The second-order valence-electron chi connectivity index (χ2n) is 7.45. The van der Waals surface area contributed by atoms with Crippen molar-refractivity contribution < 1.29 is 4.74 Å². The molecule has 174 valence electrons. The molecule has 0 bridgehead atoms. The minimum Gasteiger partial charge on any atom is -0.434 e. The van der Waals surface area contributed by atoms with Gasteiger partial charge in [0.1, 0.15) is 5.52 Å². The van der Waals surface area contributed by atoms with Gasteiger partial charge in [-0.05, 0) is 73.5 Å². The van der Waals surface area contributed by atoms with E-state index < -0.39 is 0 Å². The molecule has 0 radical (unpaired) electrons. The maximum atomic E-state index is 8.91. The van der Waals surface area contributed by atoms with Crippen LogP contribution in [0.4, 0.5) is 11.6 Å². The van der Waals surface area contributed by atoms with Gasteiger partial charge in [0.2, 0.25) is 5.95 Å².